The SMILES string of the molecule is CC(C)=CC[C@@H](O[Si](C)(C)C(C)(C)C)[C@H](C)CCOCc1ccccc1. The number of rotatable bonds is 10. The van der Waals surface area contributed by atoms with E-state index in [-0.39, 0.29) is 11.1 Å². The van der Waals surface area contributed by atoms with Crippen LogP contribution < -0.4 is 0 Å². The summed E-state index contributed by atoms with van der Waals surface area (Å²) in [6.45, 7) is 19.7. The molecule has 0 aliphatic rings. The van der Waals surface area contributed by atoms with Gasteiger partial charge in [-0.1, -0.05) is 69.7 Å². The third-order valence-corrected chi connectivity index (χ3v) is 9.98. The van der Waals surface area contributed by atoms with Gasteiger partial charge in [0.2, 0.25) is 0 Å². The summed E-state index contributed by atoms with van der Waals surface area (Å²) in [5.74, 6) is 0.482. The van der Waals surface area contributed by atoms with E-state index in [0.29, 0.717) is 12.5 Å². The van der Waals surface area contributed by atoms with E-state index in [9.17, 15) is 0 Å². The van der Waals surface area contributed by atoms with Crippen LogP contribution in [-0.4, -0.2) is 21.0 Å². The summed E-state index contributed by atoms with van der Waals surface area (Å²) >= 11 is 0. The van der Waals surface area contributed by atoms with Crippen LogP contribution in [0.1, 0.15) is 59.9 Å². The van der Waals surface area contributed by atoms with E-state index in [4.69, 9.17) is 9.16 Å². The summed E-state index contributed by atoms with van der Waals surface area (Å²) in [6, 6.07) is 10.4. The van der Waals surface area contributed by atoms with E-state index in [1.54, 1.807) is 0 Å². The van der Waals surface area contributed by atoms with Crippen molar-refractivity contribution >= 4 is 8.32 Å². The van der Waals surface area contributed by atoms with Crippen LogP contribution in [-0.2, 0) is 15.8 Å². The summed E-state index contributed by atoms with van der Waals surface area (Å²) in [5, 5.41) is 0.236. The molecule has 0 N–H and O–H groups in total. The van der Waals surface area contributed by atoms with Crippen molar-refractivity contribution in [3.8, 4) is 0 Å². The number of benzene rings is 1. The van der Waals surface area contributed by atoms with Crippen LogP contribution in [0.15, 0.2) is 42.0 Å². The number of ether oxygens (including phenoxy) is 1. The zero-order valence-corrected chi connectivity index (χ0v) is 19.3. The molecular weight excluding hydrogens is 336 g/mol. The zero-order chi connectivity index (χ0) is 19.8. The summed E-state index contributed by atoms with van der Waals surface area (Å²) in [4.78, 5) is 0. The molecule has 0 radical (unpaired) electrons. The smallest absolute Gasteiger partial charge is 0.192 e. The Bertz CT molecular complexity index is 539. The highest BCUT2D eigenvalue weighted by Gasteiger charge is 2.39. The highest BCUT2D eigenvalue weighted by molar-refractivity contribution is 6.74. The van der Waals surface area contributed by atoms with Crippen molar-refractivity contribution in [3.63, 3.8) is 0 Å². The molecule has 1 rings (SSSR count). The monoisotopic (exact) mass is 376 g/mol. The molecule has 0 unspecified atom stereocenters. The quantitative estimate of drug-likeness (QED) is 0.249. The molecular formula is C23H40O2Si. The first-order valence-electron chi connectivity index (χ1n) is 9.96. The van der Waals surface area contributed by atoms with Crippen molar-refractivity contribution in [1.29, 1.82) is 0 Å². The summed E-state index contributed by atoms with van der Waals surface area (Å²) < 4.78 is 12.7. The minimum absolute atomic E-state index is 0.236. The van der Waals surface area contributed by atoms with Gasteiger partial charge in [-0.3, -0.25) is 0 Å². The van der Waals surface area contributed by atoms with Gasteiger partial charge in [0.05, 0.1) is 12.7 Å². The van der Waals surface area contributed by atoms with Crippen molar-refractivity contribution in [3.05, 3.63) is 47.5 Å². The topological polar surface area (TPSA) is 18.5 Å². The molecule has 0 amide bonds. The van der Waals surface area contributed by atoms with Crippen LogP contribution in [0.2, 0.25) is 18.1 Å². The van der Waals surface area contributed by atoms with Crippen molar-refractivity contribution in [2.75, 3.05) is 6.61 Å². The van der Waals surface area contributed by atoms with Crippen molar-refractivity contribution in [2.45, 2.75) is 85.2 Å². The maximum Gasteiger partial charge on any atom is 0.192 e. The molecule has 3 heteroatoms. The average molecular weight is 377 g/mol. The maximum absolute atomic E-state index is 6.77. The highest BCUT2D eigenvalue weighted by atomic mass is 28.4. The van der Waals surface area contributed by atoms with Gasteiger partial charge in [0, 0.05) is 6.61 Å². The Hall–Kier alpha value is -0.903. The standard InChI is InChI=1S/C23H40O2Si/c1-19(2)14-15-22(25-26(7,8)23(4,5)6)20(3)16-17-24-18-21-12-10-9-11-13-21/h9-14,20,22H,15-18H2,1-8H3/t20-,22-/m1/s1. The largest absolute Gasteiger partial charge is 0.413 e. The number of hydrogen-bond acceptors (Lipinski definition) is 2. The van der Waals surface area contributed by atoms with Gasteiger partial charge in [0.1, 0.15) is 0 Å². The molecule has 26 heavy (non-hydrogen) atoms. The van der Waals surface area contributed by atoms with Gasteiger partial charge in [0.15, 0.2) is 8.32 Å². The van der Waals surface area contributed by atoms with Gasteiger partial charge in [-0.2, -0.15) is 0 Å². The van der Waals surface area contributed by atoms with Gasteiger partial charge in [-0.15, -0.1) is 0 Å². The maximum atomic E-state index is 6.77. The number of hydrogen-bond donors (Lipinski definition) is 0. The Morgan fingerprint density at radius 1 is 1.12 bits per heavy atom. The predicted octanol–water partition coefficient (Wildman–Crippen LogP) is 6.98. The van der Waals surface area contributed by atoms with Crippen LogP contribution in [0.25, 0.3) is 0 Å². The van der Waals surface area contributed by atoms with E-state index < -0.39 is 8.32 Å². The lowest BCUT2D eigenvalue weighted by molar-refractivity contribution is 0.0722. The Kier molecular flexibility index (Phi) is 9.29. The Balaban J connectivity index is 2.60. The molecule has 1 aromatic rings. The van der Waals surface area contributed by atoms with E-state index in [1.165, 1.54) is 11.1 Å². The lowest BCUT2D eigenvalue weighted by Crippen LogP contribution is -2.45. The fraction of sp³-hybridized carbons (Fsp3) is 0.652. The molecule has 0 aliphatic heterocycles. The van der Waals surface area contributed by atoms with Crippen molar-refractivity contribution in [2.24, 2.45) is 5.92 Å². The molecule has 1 aromatic carbocycles. The fourth-order valence-corrected chi connectivity index (χ4v) is 3.96. The summed E-state index contributed by atoms with van der Waals surface area (Å²) in [7, 11) is -1.77. The third kappa shape index (κ3) is 8.19. The van der Waals surface area contributed by atoms with E-state index in [0.717, 1.165) is 19.4 Å². The molecule has 0 aromatic heterocycles. The second-order valence-electron chi connectivity index (χ2n) is 9.24. The second kappa shape index (κ2) is 10.4. The van der Waals surface area contributed by atoms with Crippen molar-refractivity contribution in [1.82, 2.24) is 0 Å². The molecule has 0 bridgehead atoms. The zero-order valence-electron chi connectivity index (χ0n) is 18.3. The molecule has 0 spiro atoms. The van der Waals surface area contributed by atoms with E-state index >= 15 is 0 Å². The predicted molar refractivity (Wildman–Crippen MR) is 116 cm³/mol. The van der Waals surface area contributed by atoms with Gasteiger partial charge < -0.3 is 9.16 Å². The first-order valence-corrected chi connectivity index (χ1v) is 12.9. The van der Waals surface area contributed by atoms with Crippen LogP contribution in [0.5, 0.6) is 0 Å². The van der Waals surface area contributed by atoms with E-state index in [2.05, 4.69) is 85.0 Å². The summed E-state index contributed by atoms with van der Waals surface area (Å²) in [5.41, 5.74) is 2.60. The van der Waals surface area contributed by atoms with Crippen molar-refractivity contribution < 1.29 is 9.16 Å². The Morgan fingerprint density at radius 3 is 2.27 bits per heavy atom. The lowest BCUT2D eigenvalue weighted by atomic mass is 9.98. The molecule has 2 atom stereocenters. The van der Waals surface area contributed by atoms with Crippen LogP contribution in [0.4, 0.5) is 0 Å². The Labute approximate surface area is 163 Å². The molecule has 0 saturated carbocycles. The fourth-order valence-electron chi connectivity index (χ4n) is 2.52. The number of allylic oxidation sites excluding steroid dienone is 1. The first-order chi connectivity index (χ1) is 12.0. The molecule has 0 aliphatic carbocycles. The molecule has 2 nitrogen and oxygen atoms in total. The second-order valence-corrected chi connectivity index (χ2v) is 14.0. The lowest BCUT2D eigenvalue weighted by Gasteiger charge is -2.41. The van der Waals surface area contributed by atoms with Gasteiger partial charge >= 0.3 is 0 Å². The third-order valence-electron chi connectivity index (χ3n) is 5.47. The molecule has 0 fully saturated rings. The van der Waals surface area contributed by atoms with Crippen LogP contribution in [0.3, 0.4) is 0 Å². The molecule has 0 heterocycles. The molecule has 148 valence electrons. The van der Waals surface area contributed by atoms with Crippen LogP contribution in [0, 0.1) is 5.92 Å². The average Bonchev–Trinajstić information content (AvgIpc) is 2.55. The molecule has 0 saturated heterocycles. The van der Waals surface area contributed by atoms with E-state index in [1.807, 2.05) is 6.07 Å². The highest BCUT2D eigenvalue weighted by Crippen LogP contribution is 2.38. The normalized spacial score (nSPS) is 14.8. The first kappa shape index (κ1) is 23.1. The van der Waals surface area contributed by atoms with Gasteiger partial charge in [0.25, 0.3) is 0 Å². The summed E-state index contributed by atoms with van der Waals surface area (Å²) in [6.07, 6.45) is 4.61. The van der Waals surface area contributed by atoms with Crippen LogP contribution >= 0.6 is 0 Å². The minimum Gasteiger partial charge on any atom is -0.413 e. The minimum atomic E-state index is -1.77. The van der Waals surface area contributed by atoms with Gasteiger partial charge in [-0.25, -0.2) is 0 Å². The van der Waals surface area contributed by atoms with Gasteiger partial charge in [-0.05, 0) is 56.3 Å². The Morgan fingerprint density at radius 2 is 1.73 bits per heavy atom.